The molecule has 0 fully saturated rings. The standard InChI is InChI=1S/C21H23N3O2/c1-15-12-16(2)24(23-15)14-18-4-3-5-19(13-18)21(26)22-20-8-6-17(7-9-20)10-11-25/h3-9,12-13,25H,10-11,14H2,1-2H3,(H,22,26). The molecule has 0 saturated carbocycles. The molecule has 26 heavy (non-hydrogen) atoms. The molecule has 134 valence electrons. The fraction of sp³-hybridized carbons (Fsp3) is 0.238. The van der Waals surface area contributed by atoms with Gasteiger partial charge in [-0.1, -0.05) is 24.3 Å². The Morgan fingerprint density at radius 2 is 1.85 bits per heavy atom. The molecule has 3 rings (SSSR count). The van der Waals surface area contributed by atoms with Crippen LogP contribution in [0.1, 0.15) is 32.9 Å². The highest BCUT2D eigenvalue weighted by molar-refractivity contribution is 6.04. The predicted octanol–water partition coefficient (Wildman–Crippen LogP) is 3.34. The van der Waals surface area contributed by atoms with E-state index in [-0.39, 0.29) is 12.5 Å². The van der Waals surface area contributed by atoms with Crippen molar-refractivity contribution in [1.29, 1.82) is 0 Å². The SMILES string of the molecule is Cc1cc(C)n(Cc2cccc(C(=O)Nc3ccc(CCO)cc3)c2)n1. The van der Waals surface area contributed by atoms with Crippen molar-refractivity contribution >= 4 is 11.6 Å². The van der Waals surface area contributed by atoms with Gasteiger partial charge in [-0.25, -0.2) is 0 Å². The second-order valence-corrected chi connectivity index (χ2v) is 6.41. The van der Waals surface area contributed by atoms with Gasteiger partial charge in [0.2, 0.25) is 0 Å². The van der Waals surface area contributed by atoms with E-state index >= 15 is 0 Å². The summed E-state index contributed by atoms with van der Waals surface area (Å²) in [6.45, 7) is 4.75. The highest BCUT2D eigenvalue weighted by Crippen LogP contribution is 2.14. The van der Waals surface area contributed by atoms with Crippen LogP contribution in [-0.2, 0) is 13.0 Å². The van der Waals surface area contributed by atoms with E-state index in [0.717, 1.165) is 28.2 Å². The maximum Gasteiger partial charge on any atom is 0.255 e. The number of nitrogens with zero attached hydrogens (tertiary/aromatic N) is 2. The van der Waals surface area contributed by atoms with Crippen LogP contribution in [0.15, 0.2) is 54.6 Å². The fourth-order valence-electron chi connectivity index (χ4n) is 2.91. The molecule has 0 saturated heterocycles. The van der Waals surface area contributed by atoms with Gasteiger partial charge in [-0.3, -0.25) is 9.48 Å². The normalized spacial score (nSPS) is 10.7. The lowest BCUT2D eigenvalue weighted by molar-refractivity contribution is 0.102. The van der Waals surface area contributed by atoms with E-state index < -0.39 is 0 Å². The van der Waals surface area contributed by atoms with Crippen LogP contribution in [0.4, 0.5) is 5.69 Å². The number of carbonyl (C=O) groups excluding carboxylic acids is 1. The van der Waals surface area contributed by atoms with E-state index in [1.165, 1.54) is 0 Å². The van der Waals surface area contributed by atoms with Crippen LogP contribution >= 0.6 is 0 Å². The van der Waals surface area contributed by atoms with Gasteiger partial charge in [0.1, 0.15) is 0 Å². The molecule has 1 amide bonds. The molecule has 3 aromatic rings. The molecule has 0 spiro atoms. The van der Waals surface area contributed by atoms with Gasteiger partial charge in [0.15, 0.2) is 0 Å². The first-order chi connectivity index (χ1) is 12.5. The van der Waals surface area contributed by atoms with E-state index in [1.54, 1.807) is 6.07 Å². The summed E-state index contributed by atoms with van der Waals surface area (Å²) in [4.78, 5) is 12.5. The summed E-state index contributed by atoms with van der Waals surface area (Å²) in [5, 5.41) is 16.3. The third-order valence-electron chi connectivity index (χ3n) is 4.24. The number of nitrogens with one attached hydrogen (secondary N) is 1. The summed E-state index contributed by atoms with van der Waals surface area (Å²) in [7, 11) is 0. The number of amides is 1. The van der Waals surface area contributed by atoms with Crippen LogP contribution in [0.2, 0.25) is 0 Å². The number of benzene rings is 2. The van der Waals surface area contributed by atoms with Crippen molar-refractivity contribution in [3.05, 3.63) is 82.7 Å². The van der Waals surface area contributed by atoms with Gasteiger partial charge in [-0.2, -0.15) is 5.10 Å². The Morgan fingerprint density at radius 1 is 1.08 bits per heavy atom. The van der Waals surface area contributed by atoms with Crippen molar-refractivity contribution in [3.8, 4) is 0 Å². The summed E-state index contributed by atoms with van der Waals surface area (Å²) < 4.78 is 1.94. The smallest absolute Gasteiger partial charge is 0.255 e. The van der Waals surface area contributed by atoms with Crippen LogP contribution in [0.25, 0.3) is 0 Å². The third kappa shape index (κ3) is 4.37. The monoisotopic (exact) mass is 349 g/mol. The van der Waals surface area contributed by atoms with Crippen molar-refractivity contribution in [2.24, 2.45) is 0 Å². The summed E-state index contributed by atoms with van der Waals surface area (Å²) in [5.74, 6) is -0.143. The van der Waals surface area contributed by atoms with Gasteiger partial charge >= 0.3 is 0 Å². The van der Waals surface area contributed by atoms with Gasteiger partial charge in [0.05, 0.1) is 12.2 Å². The first kappa shape index (κ1) is 17.9. The minimum Gasteiger partial charge on any atom is -0.396 e. The highest BCUT2D eigenvalue weighted by Gasteiger charge is 2.08. The number of anilines is 1. The average molecular weight is 349 g/mol. The van der Waals surface area contributed by atoms with Crippen molar-refractivity contribution in [1.82, 2.24) is 9.78 Å². The quantitative estimate of drug-likeness (QED) is 0.717. The molecule has 2 N–H and O–H groups in total. The van der Waals surface area contributed by atoms with Crippen LogP contribution in [-0.4, -0.2) is 27.4 Å². The van der Waals surface area contributed by atoms with Crippen molar-refractivity contribution in [3.63, 3.8) is 0 Å². The molecule has 0 atom stereocenters. The van der Waals surface area contributed by atoms with Crippen LogP contribution < -0.4 is 5.32 Å². The fourth-order valence-corrected chi connectivity index (χ4v) is 2.91. The number of aliphatic hydroxyl groups excluding tert-OH is 1. The molecule has 0 unspecified atom stereocenters. The largest absolute Gasteiger partial charge is 0.396 e. The Labute approximate surface area is 153 Å². The van der Waals surface area contributed by atoms with E-state index in [4.69, 9.17) is 5.11 Å². The molecule has 1 heterocycles. The molecule has 1 aromatic heterocycles. The minimum atomic E-state index is -0.143. The number of hydrogen-bond acceptors (Lipinski definition) is 3. The number of aryl methyl sites for hydroxylation is 2. The Morgan fingerprint density at radius 3 is 2.50 bits per heavy atom. The van der Waals surface area contributed by atoms with Gasteiger partial charge in [-0.05, 0) is 61.7 Å². The second kappa shape index (κ2) is 7.97. The van der Waals surface area contributed by atoms with Gasteiger partial charge in [0, 0.05) is 23.6 Å². The molecular formula is C21H23N3O2. The minimum absolute atomic E-state index is 0.119. The molecule has 2 aromatic carbocycles. The summed E-state index contributed by atoms with van der Waals surface area (Å²) >= 11 is 0. The van der Waals surface area contributed by atoms with Crippen molar-refractivity contribution in [2.75, 3.05) is 11.9 Å². The number of rotatable bonds is 6. The number of aromatic nitrogens is 2. The second-order valence-electron chi connectivity index (χ2n) is 6.41. The zero-order valence-electron chi connectivity index (χ0n) is 15.1. The lowest BCUT2D eigenvalue weighted by Gasteiger charge is -2.09. The molecule has 0 radical (unpaired) electrons. The Hall–Kier alpha value is -2.92. The topological polar surface area (TPSA) is 67.2 Å². The highest BCUT2D eigenvalue weighted by atomic mass is 16.3. The van der Waals surface area contributed by atoms with E-state index in [9.17, 15) is 4.79 Å². The summed E-state index contributed by atoms with van der Waals surface area (Å²) in [5.41, 5.74) is 5.50. The molecule has 5 heteroatoms. The summed E-state index contributed by atoms with van der Waals surface area (Å²) in [6.07, 6.45) is 0.614. The zero-order chi connectivity index (χ0) is 18.5. The molecule has 5 nitrogen and oxygen atoms in total. The molecule has 0 aliphatic rings. The third-order valence-corrected chi connectivity index (χ3v) is 4.24. The van der Waals surface area contributed by atoms with Gasteiger partial charge in [-0.15, -0.1) is 0 Å². The number of carbonyl (C=O) groups is 1. The first-order valence-electron chi connectivity index (χ1n) is 8.66. The lowest BCUT2D eigenvalue weighted by Crippen LogP contribution is -2.13. The van der Waals surface area contributed by atoms with Crippen LogP contribution in [0.5, 0.6) is 0 Å². The van der Waals surface area contributed by atoms with Crippen molar-refractivity contribution < 1.29 is 9.90 Å². The van der Waals surface area contributed by atoms with E-state index in [0.29, 0.717) is 18.5 Å². The van der Waals surface area contributed by atoms with Crippen LogP contribution in [0.3, 0.4) is 0 Å². The zero-order valence-corrected chi connectivity index (χ0v) is 15.1. The Balaban J connectivity index is 1.70. The van der Waals surface area contributed by atoms with Crippen molar-refractivity contribution in [2.45, 2.75) is 26.8 Å². The van der Waals surface area contributed by atoms with E-state index in [1.807, 2.05) is 67.1 Å². The Bertz CT molecular complexity index is 898. The van der Waals surface area contributed by atoms with Gasteiger partial charge < -0.3 is 10.4 Å². The Kier molecular flexibility index (Phi) is 5.49. The van der Waals surface area contributed by atoms with E-state index in [2.05, 4.69) is 10.4 Å². The maximum atomic E-state index is 12.5. The molecule has 0 aliphatic heterocycles. The molecule has 0 bridgehead atoms. The maximum absolute atomic E-state index is 12.5. The predicted molar refractivity (Wildman–Crippen MR) is 102 cm³/mol. The van der Waals surface area contributed by atoms with Gasteiger partial charge in [0.25, 0.3) is 5.91 Å². The molecular weight excluding hydrogens is 326 g/mol. The number of aliphatic hydroxyl groups is 1. The average Bonchev–Trinajstić information content (AvgIpc) is 2.94. The first-order valence-corrected chi connectivity index (χ1v) is 8.66. The number of hydrogen-bond donors (Lipinski definition) is 2. The summed E-state index contributed by atoms with van der Waals surface area (Å²) in [6, 6.07) is 17.1. The lowest BCUT2D eigenvalue weighted by atomic mass is 10.1. The van der Waals surface area contributed by atoms with Crippen LogP contribution in [0, 0.1) is 13.8 Å². The molecule has 0 aliphatic carbocycles.